The average molecular weight is 595 g/mol. The molecule has 43 heavy (non-hydrogen) atoms. The molecule has 4 aromatic rings. The molecule has 10 nitrogen and oxygen atoms in total. The van der Waals surface area contributed by atoms with E-state index in [0.717, 1.165) is 33.2 Å². The van der Waals surface area contributed by atoms with Crippen molar-refractivity contribution >= 4 is 45.9 Å². The molecule has 0 radical (unpaired) electrons. The third-order valence-corrected chi connectivity index (χ3v) is 6.65. The fourth-order valence-electron chi connectivity index (χ4n) is 4.30. The molecule has 224 valence electrons. The number of carbonyl (C=O) groups excluding carboxylic acids is 2. The first-order valence-electron chi connectivity index (χ1n) is 13.1. The SMILES string of the molecule is CN1CCc2ccc(cc2)[C@@H](Nc2ccc3c(N)nccc3c2)C(=O)NCc2cccc(c2)NC1=O.O=C(O)C(F)(F)F. The molecule has 6 rings (SSSR count). The molecule has 0 unspecified atom stereocenters. The number of likely N-dealkylation sites (N-methyl/N-ethyl adjacent to an activating group) is 1. The van der Waals surface area contributed by atoms with Gasteiger partial charge in [0.2, 0.25) is 5.91 Å². The summed E-state index contributed by atoms with van der Waals surface area (Å²) in [7, 11) is 1.78. The Hall–Kier alpha value is -5.33. The van der Waals surface area contributed by atoms with Gasteiger partial charge < -0.3 is 31.7 Å². The lowest BCUT2D eigenvalue weighted by atomic mass is 10.0. The van der Waals surface area contributed by atoms with Crippen molar-refractivity contribution < 1.29 is 32.7 Å². The number of nitrogen functional groups attached to an aromatic ring is 1. The second-order valence-electron chi connectivity index (χ2n) is 9.77. The Morgan fingerprint density at radius 1 is 1.05 bits per heavy atom. The second kappa shape index (κ2) is 13.1. The zero-order valence-electron chi connectivity index (χ0n) is 23.0. The number of carbonyl (C=O) groups is 3. The third-order valence-electron chi connectivity index (χ3n) is 6.65. The first-order valence-corrected chi connectivity index (χ1v) is 13.1. The zero-order valence-corrected chi connectivity index (χ0v) is 23.0. The van der Waals surface area contributed by atoms with E-state index in [1.165, 1.54) is 0 Å². The summed E-state index contributed by atoms with van der Waals surface area (Å²) in [5, 5.41) is 18.3. The molecule has 3 amide bonds. The Bertz CT molecular complexity index is 1630. The summed E-state index contributed by atoms with van der Waals surface area (Å²) in [5.41, 5.74) is 10.3. The third kappa shape index (κ3) is 8.12. The Morgan fingerprint density at radius 2 is 1.77 bits per heavy atom. The summed E-state index contributed by atoms with van der Waals surface area (Å²) in [6.07, 6.45) is -2.71. The van der Waals surface area contributed by atoms with Crippen molar-refractivity contribution in [3.63, 3.8) is 0 Å². The monoisotopic (exact) mass is 594 g/mol. The number of carboxylic acids is 1. The van der Waals surface area contributed by atoms with Gasteiger partial charge in [0.1, 0.15) is 11.9 Å². The molecule has 0 saturated carbocycles. The van der Waals surface area contributed by atoms with Crippen molar-refractivity contribution in [3.8, 4) is 0 Å². The molecule has 3 aromatic carbocycles. The van der Waals surface area contributed by atoms with Crippen LogP contribution in [0.3, 0.4) is 0 Å². The van der Waals surface area contributed by atoms with Crippen LogP contribution < -0.4 is 21.7 Å². The minimum atomic E-state index is -5.08. The van der Waals surface area contributed by atoms with Crippen LogP contribution in [0.25, 0.3) is 10.8 Å². The fraction of sp³-hybridized carbons (Fsp3) is 0.200. The summed E-state index contributed by atoms with van der Waals surface area (Å²) in [5.74, 6) is -2.44. The molecule has 0 aliphatic carbocycles. The van der Waals surface area contributed by atoms with E-state index >= 15 is 0 Å². The van der Waals surface area contributed by atoms with Gasteiger partial charge in [-0.05, 0) is 64.9 Å². The molecule has 0 spiro atoms. The molecule has 3 heterocycles. The van der Waals surface area contributed by atoms with Crippen molar-refractivity contribution in [1.29, 1.82) is 0 Å². The number of halogens is 3. The van der Waals surface area contributed by atoms with Gasteiger partial charge in [-0.1, -0.05) is 36.4 Å². The van der Waals surface area contributed by atoms with Crippen LogP contribution in [0, 0.1) is 0 Å². The van der Waals surface area contributed by atoms with Gasteiger partial charge in [0.05, 0.1) is 0 Å². The van der Waals surface area contributed by atoms with Crippen molar-refractivity contribution in [3.05, 3.63) is 95.7 Å². The normalized spacial score (nSPS) is 15.6. The lowest BCUT2D eigenvalue weighted by Crippen LogP contribution is -2.34. The Labute approximate surface area is 244 Å². The number of nitrogens with one attached hydrogen (secondary N) is 3. The van der Waals surface area contributed by atoms with Crippen LogP contribution in [0.15, 0.2) is 79.0 Å². The number of pyridine rings is 1. The van der Waals surface area contributed by atoms with Gasteiger partial charge in [0.25, 0.3) is 0 Å². The molecule has 0 fully saturated rings. The number of carboxylic acid groups (broad SMARTS) is 1. The zero-order chi connectivity index (χ0) is 31.1. The predicted octanol–water partition coefficient (Wildman–Crippen LogP) is 4.94. The number of anilines is 3. The van der Waals surface area contributed by atoms with E-state index in [-0.39, 0.29) is 11.9 Å². The number of amides is 3. The molecule has 2 aliphatic rings. The van der Waals surface area contributed by atoms with Gasteiger partial charge in [-0.15, -0.1) is 0 Å². The Morgan fingerprint density at radius 3 is 2.47 bits per heavy atom. The van der Waals surface area contributed by atoms with Crippen molar-refractivity contribution in [2.45, 2.75) is 25.2 Å². The molecule has 6 N–H and O–H groups in total. The number of urea groups is 1. The van der Waals surface area contributed by atoms with Crippen LogP contribution >= 0.6 is 0 Å². The van der Waals surface area contributed by atoms with Gasteiger partial charge in [-0.2, -0.15) is 13.2 Å². The summed E-state index contributed by atoms with van der Waals surface area (Å²) in [6.45, 7) is 0.899. The first-order chi connectivity index (χ1) is 20.4. The van der Waals surface area contributed by atoms with E-state index < -0.39 is 18.2 Å². The van der Waals surface area contributed by atoms with E-state index in [0.29, 0.717) is 31.0 Å². The van der Waals surface area contributed by atoms with Crippen molar-refractivity contribution in [1.82, 2.24) is 15.2 Å². The van der Waals surface area contributed by atoms with Gasteiger partial charge in [-0.25, -0.2) is 14.6 Å². The highest BCUT2D eigenvalue weighted by atomic mass is 19.4. The maximum absolute atomic E-state index is 13.4. The number of benzene rings is 3. The standard InChI is InChI=1S/C28H28N6O2.C2HF3O2/c1-34-14-12-18-5-7-20(8-6-18)25(32-23-9-10-24-21(16-23)11-13-30-26(24)29)27(35)31-17-19-3-2-4-22(15-19)33-28(34)36;3-2(4,5)1(6)7/h2-11,13,15-16,25,32H,12,14,17H2,1H3,(H2,29,30)(H,31,35)(H,33,36);(H,6,7)/t25-;/m1./s1. The lowest BCUT2D eigenvalue weighted by molar-refractivity contribution is -0.192. The summed E-state index contributed by atoms with van der Waals surface area (Å²) in [4.78, 5) is 40.7. The Balaban J connectivity index is 0.000000541. The summed E-state index contributed by atoms with van der Waals surface area (Å²) >= 11 is 0. The fourth-order valence-corrected chi connectivity index (χ4v) is 4.30. The topological polar surface area (TPSA) is 150 Å². The second-order valence-corrected chi connectivity index (χ2v) is 9.77. The molecule has 2 aliphatic heterocycles. The molecule has 1 atom stereocenters. The number of hydrogen-bond acceptors (Lipinski definition) is 6. The highest BCUT2D eigenvalue weighted by Crippen LogP contribution is 2.26. The first kappa shape index (κ1) is 30.6. The molecule has 4 bridgehead atoms. The highest BCUT2D eigenvalue weighted by molar-refractivity contribution is 5.94. The number of rotatable bonds is 2. The van der Waals surface area contributed by atoms with E-state index in [4.69, 9.17) is 15.6 Å². The number of aromatic nitrogens is 1. The van der Waals surface area contributed by atoms with Crippen LogP contribution in [-0.4, -0.2) is 52.7 Å². The van der Waals surface area contributed by atoms with Crippen LogP contribution in [-0.2, 0) is 22.6 Å². The maximum Gasteiger partial charge on any atom is 0.490 e. The maximum atomic E-state index is 13.4. The van der Waals surface area contributed by atoms with Gasteiger partial charge >= 0.3 is 18.2 Å². The van der Waals surface area contributed by atoms with E-state index in [2.05, 4.69) is 20.9 Å². The smallest absolute Gasteiger partial charge is 0.475 e. The molecular formula is C30H29F3N6O4. The number of hydrogen-bond donors (Lipinski definition) is 5. The number of aliphatic carboxylic acids is 1. The summed E-state index contributed by atoms with van der Waals surface area (Å²) < 4.78 is 31.7. The van der Waals surface area contributed by atoms with E-state index in [1.54, 1.807) is 18.1 Å². The minimum absolute atomic E-state index is 0.154. The number of alkyl halides is 3. The number of nitrogens with two attached hydrogens (primary N) is 1. The van der Waals surface area contributed by atoms with Crippen LogP contribution in [0.2, 0.25) is 0 Å². The molecule has 0 saturated heterocycles. The quantitative estimate of drug-likeness (QED) is 0.221. The molecule has 13 heteroatoms. The average Bonchev–Trinajstić information content (AvgIpc) is 2.97. The predicted molar refractivity (Wildman–Crippen MR) is 156 cm³/mol. The molecular weight excluding hydrogens is 565 g/mol. The molecule has 1 aromatic heterocycles. The van der Waals surface area contributed by atoms with E-state index in [9.17, 15) is 22.8 Å². The van der Waals surface area contributed by atoms with Gasteiger partial charge in [0.15, 0.2) is 0 Å². The van der Waals surface area contributed by atoms with E-state index in [1.807, 2.05) is 72.8 Å². The lowest BCUT2D eigenvalue weighted by Gasteiger charge is -2.22. The van der Waals surface area contributed by atoms with Crippen molar-refractivity contribution in [2.75, 3.05) is 30.0 Å². The van der Waals surface area contributed by atoms with Crippen LogP contribution in [0.5, 0.6) is 0 Å². The summed E-state index contributed by atoms with van der Waals surface area (Å²) in [6, 6.07) is 22.3. The van der Waals surface area contributed by atoms with Crippen molar-refractivity contribution in [2.24, 2.45) is 0 Å². The van der Waals surface area contributed by atoms with Crippen LogP contribution in [0.4, 0.5) is 35.2 Å². The number of nitrogens with zero attached hydrogens (tertiary/aromatic N) is 2. The largest absolute Gasteiger partial charge is 0.490 e. The Kier molecular flexibility index (Phi) is 9.33. The number of fused-ring (bicyclic) bond motifs is 10. The van der Waals surface area contributed by atoms with Gasteiger partial charge in [-0.3, -0.25) is 4.79 Å². The highest BCUT2D eigenvalue weighted by Gasteiger charge is 2.38. The van der Waals surface area contributed by atoms with Gasteiger partial charge in [0, 0.05) is 43.1 Å². The minimum Gasteiger partial charge on any atom is -0.475 e. The van der Waals surface area contributed by atoms with Crippen LogP contribution in [0.1, 0.15) is 22.7 Å².